The van der Waals surface area contributed by atoms with Crippen LogP contribution in [0, 0.1) is 6.92 Å². The van der Waals surface area contributed by atoms with E-state index in [0.29, 0.717) is 12.1 Å². The van der Waals surface area contributed by atoms with E-state index >= 15 is 0 Å². The van der Waals surface area contributed by atoms with Crippen LogP contribution in [0.25, 0.3) is 0 Å². The maximum atomic E-state index is 5.40. The van der Waals surface area contributed by atoms with Gasteiger partial charge in [-0.05, 0) is 51.1 Å². The summed E-state index contributed by atoms with van der Waals surface area (Å²) in [5.41, 5.74) is 2.79. The third kappa shape index (κ3) is 4.11. The Morgan fingerprint density at radius 1 is 1.22 bits per heavy atom. The molecule has 0 spiro atoms. The summed E-state index contributed by atoms with van der Waals surface area (Å²) < 4.78 is 5.40. The Bertz CT molecular complexity index is 356. The lowest BCUT2D eigenvalue weighted by molar-refractivity contribution is 0.0626. The summed E-state index contributed by atoms with van der Waals surface area (Å²) in [4.78, 5) is 0. The van der Waals surface area contributed by atoms with Crippen molar-refractivity contribution in [3.8, 4) is 0 Å². The molecule has 0 unspecified atom stereocenters. The first-order chi connectivity index (χ1) is 8.78. The molecule has 2 rings (SSSR count). The monoisotopic (exact) mass is 247 g/mol. The number of nitrogens with one attached hydrogen (secondary N) is 1. The van der Waals surface area contributed by atoms with Crippen molar-refractivity contribution in [3.63, 3.8) is 0 Å². The Morgan fingerprint density at radius 3 is 2.67 bits per heavy atom. The zero-order valence-corrected chi connectivity index (χ0v) is 11.6. The number of ether oxygens (including phenoxy) is 1. The van der Waals surface area contributed by atoms with Gasteiger partial charge in [0.15, 0.2) is 0 Å². The average molecular weight is 247 g/mol. The van der Waals surface area contributed by atoms with Gasteiger partial charge in [0, 0.05) is 13.2 Å². The summed E-state index contributed by atoms with van der Waals surface area (Å²) >= 11 is 0. The Kier molecular flexibility index (Phi) is 5.21. The second-order valence-electron chi connectivity index (χ2n) is 5.40. The van der Waals surface area contributed by atoms with Gasteiger partial charge in [-0.15, -0.1) is 0 Å². The smallest absolute Gasteiger partial charge is 0.0572 e. The predicted molar refractivity (Wildman–Crippen MR) is 75.9 cm³/mol. The number of methoxy groups -OCH3 is 1. The molecule has 18 heavy (non-hydrogen) atoms. The Morgan fingerprint density at radius 2 is 2.00 bits per heavy atom. The van der Waals surface area contributed by atoms with Gasteiger partial charge in [-0.3, -0.25) is 0 Å². The van der Waals surface area contributed by atoms with Crippen LogP contribution in [0.15, 0.2) is 24.3 Å². The summed E-state index contributed by atoms with van der Waals surface area (Å²) in [6.45, 7) is 3.24. The molecule has 100 valence electrons. The zero-order valence-electron chi connectivity index (χ0n) is 11.6. The van der Waals surface area contributed by atoms with Crippen molar-refractivity contribution in [1.82, 2.24) is 5.32 Å². The minimum atomic E-state index is 0.500. The maximum Gasteiger partial charge on any atom is 0.0572 e. The van der Waals surface area contributed by atoms with Crippen LogP contribution in [0.4, 0.5) is 0 Å². The predicted octanol–water partition coefficient (Wildman–Crippen LogP) is 3.08. The van der Waals surface area contributed by atoms with Crippen LogP contribution in [0.1, 0.15) is 36.8 Å². The van der Waals surface area contributed by atoms with Gasteiger partial charge in [0.25, 0.3) is 0 Å². The molecule has 1 saturated carbocycles. The third-order valence-corrected chi connectivity index (χ3v) is 3.94. The van der Waals surface area contributed by atoms with Crippen molar-refractivity contribution in [1.29, 1.82) is 0 Å². The van der Waals surface area contributed by atoms with E-state index in [-0.39, 0.29) is 0 Å². The molecule has 2 nitrogen and oxygen atoms in total. The van der Waals surface area contributed by atoms with E-state index in [4.69, 9.17) is 4.74 Å². The van der Waals surface area contributed by atoms with Crippen LogP contribution in [0.3, 0.4) is 0 Å². The van der Waals surface area contributed by atoms with Crippen LogP contribution < -0.4 is 5.32 Å². The summed E-state index contributed by atoms with van der Waals surface area (Å²) in [7, 11) is 1.83. The van der Waals surface area contributed by atoms with E-state index in [1.165, 1.54) is 36.8 Å². The molecule has 0 atom stereocenters. The van der Waals surface area contributed by atoms with Crippen molar-refractivity contribution in [2.75, 3.05) is 13.7 Å². The van der Waals surface area contributed by atoms with E-state index in [2.05, 4.69) is 36.5 Å². The molecule has 1 aliphatic rings. The van der Waals surface area contributed by atoms with Crippen molar-refractivity contribution in [3.05, 3.63) is 35.4 Å². The largest absolute Gasteiger partial charge is 0.381 e. The molecule has 1 aliphatic carbocycles. The van der Waals surface area contributed by atoms with E-state index in [1.807, 2.05) is 7.11 Å². The van der Waals surface area contributed by atoms with Crippen molar-refractivity contribution in [2.45, 2.75) is 51.2 Å². The summed E-state index contributed by atoms with van der Waals surface area (Å²) in [6.07, 6.45) is 6.56. The number of hydrogen-bond donors (Lipinski definition) is 1. The molecule has 0 saturated heterocycles. The summed E-state index contributed by atoms with van der Waals surface area (Å²) in [5.74, 6) is 0. The molecule has 0 aliphatic heterocycles. The lowest BCUT2D eigenvalue weighted by Crippen LogP contribution is -2.36. The van der Waals surface area contributed by atoms with E-state index < -0.39 is 0 Å². The third-order valence-electron chi connectivity index (χ3n) is 3.94. The van der Waals surface area contributed by atoms with Crippen LogP contribution in [-0.4, -0.2) is 25.8 Å². The molecule has 2 heteroatoms. The van der Waals surface area contributed by atoms with Gasteiger partial charge < -0.3 is 10.1 Å². The number of benzene rings is 1. The molecule has 1 fully saturated rings. The maximum absolute atomic E-state index is 5.40. The van der Waals surface area contributed by atoms with Crippen molar-refractivity contribution >= 4 is 0 Å². The highest BCUT2D eigenvalue weighted by Gasteiger charge is 2.19. The van der Waals surface area contributed by atoms with Crippen molar-refractivity contribution < 1.29 is 4.74 Å². The molecule has 0 heterocycles. The molecule has 0 radical (unpaired) electrons. The molecule has 0 aromatic heterocycles. The highest BCUT2D eigenvalue weighted by atomic mass is 16.5. The Labute approximate surface area is 111 Å². The molecule has 1 aromatic carbocycles. The van der Waals surface area contributed by atoms with Crippen LogP contribution in [-0.2, 0) is 11.2 Å². The fraction of sp³-hybridized carbons (Fsp3) is 0.625. The Balaban J connectivity index is 1.67. The quantitative estimate of drug-likeness (QED) is 0.863. The molecule has 0 amide bonds. The average Bonchev–Trinajstić information content (AvgIpc) is 2.40. The minimum Gasteiger partial charge on any atom is -0.381 e. The van der Waals surface area contributed by atoms with Gasteiger partial charge in [0.1, 0.15) is 0 Å². The standard InChI is InChI=1S/C16H25NO/c1-13-4-3-5-14(12-13)10-11-17-15-6-8-16(18-2)9-7-15/h3-5,12,15-17H,6-11H2,1-2H3. The van der Waals surface area contributed by atoms with Gasteiger partial charge in [-0.1, -0.05) is 29.8 Å². The lowest BCUT2D eigenvalue weighted by atomic mass is 9.93. The topological polar surface area (TPSA) is 21.3 Å². The number of aryl methyl sites for hydroxylation is 1. The summed E-state index contributed by atoms with van der Waals surface area (Å²) in [6, 6.07) is 9.50. The second-order valence-corrected chi connectivity index (χ2v) is 5.40. The molecule has 1 aromatic rings. The molecular weight excluding hydrogens is 222 g/mol. The fourth-order valence-electron chi connectivity index (χ4n) is 2.79. The van der Waals surface area contributed by atoms with Gasteiger partial charge in [-0.2, -0.15) is 0 Å². The molecule has 0 bridgehead atoms. The van der Waals surface area contributed by atoms with Gasteiger partial charge >= 0.3 is 0 Å². The molecular formula is C16H25NO. The first kappa shape index (κ1) is 13.6. The first-order valence-corrected chi connectivity index (χ1v) is 7.09. The van der Waals surface area contributed by atoms with Gasteiger partial charge in [0.2, 0.25) is 0 Å². The van der Waals surface area contributed by atoms with Gasteiger partial charge in [0.05, 0.1) is 6.10 Å². The SMILES string of the molecule is COC1CCC(NCCc2cccc(C)c2)CC1. The van der Waals surface area contributed by atoms with Crippen LogP contribution >= 0.6 is 0 Å². The van der Waals surface area contributed by atoms with Crippen LogP contribution in [0.2, 0.25) is 0 Å². The van der Waals surface area contributed by atoms with E-state index in [9.17, 15) is 0 Å². The number of hydrogen-bond acceptors (Lipinski definition) is 2. The van der Waals surface area contributed by atoms with Crippen LogP contribution in [0.5, 0.6) is 0 Å². The highest BCUT2D eigenvalue weighted by molar-refractivity contribution is 5.22. The number of rotatable bonds is 5. The lowest BCUT2D eigenvalue weighted by Gasteiger charge is -2.28. The van der Waals surface area contributed by atoms with Gasteiger partial charge in [-0.25, -0.2) is 0 Å². The minimum absolute atomic E-state index is 0.500. The van der Waals surface area contributed by atoms with E-state index in [1.54, 1.807) is 0 Å². The van der Waals surface area contributed by atoms with E-state index in [0.717, 1.165) is 13.0 Å². The first-order valence-electron chi connectivity index (χ1n) is 7.09. The highest BCUT2D eigenvalue weighted by Crippen LogP contribution is 2.20. The fourth-order valence-corrected chi connectivity index (χ4v) is 2.79. The van der Waals surface area contributed by atoms with Crippen molar-refractivity contribution in [2.24, 2.45) is 0 Å². The second kappa shape index (κ2) is 6.91. The normalized spacial score (nSPS) is 24.1. The molecule has 1 N–H and O–H groups in total. The zero-order chi connectivity index (χ0) is 12.8. The Hall–Kier alpha value is -0.860. The summed E-state index contributed by atoms with van der Waals surface area (Å²) in [5, 5.41) is 3.68.